The molecule has 1 aliphatic rings. The molecule has 37 heavy (non-hydrogen) atoms. The van der Waals surface area contributed by atoms with Crippen molar-refractivity contribution in [3.05, 3.63) is 89.5 Å². The highest BCUT2D eigenvalue weighted by molar-refractivity contribution is 5.49. The SMILES string of the molecule is CC#C[C@@H](CC(O)O)c1ccc(OCc2ccc(CN3CCN(c4ccc(OC)cc4)CC3)cc2)cc1. The second-order valence-corrected chi connectivity index (χ2v) is 9.30. The first-order valence-corrected chi connectivity index (χ1v) is 12.7. The summed E-state index contributed by atoms with van der Waals surface area (Å²) in [5.41, 5.74) is 4.62. The summed E-state index contributed by atoms with van der Waals surface area (Å²) in [6.45, 7) is 7.30. The molecular weight excluding hydrogens is 464 g/mol. The van der Waals surface area contributed by atoms with Crippen LogP contribution in [0.2, 0.25) is 0 Å². The average Bonchev–Trinajstić information content (AvgIpc) is 2.93. The molecule has 1 aliphatic heterocycles. The lowest BCUT2D eigenvalue weighted by molar-refractivity contribution is -0.0468. The second-order valence-electron chi connectivity index (χ2n) is 9.30. The largest absolute Gasteiger partial charge is 0.497 e. The van der Waals surface area contributed by atoms with Gasteiger partial charge in [-0.1, -0.05) is 42.3 Å². The van der Waals surface area contributed by atoms with Gasteiger partial charge in [0.1, 0.15) is 18.1 Å². The van der Waals surface area contributed by atoms with Crippen LogP contribution in [0.5, 0.6) is 11.5 Å². The maximum Gasteiger partial charge on any atom is 0.152 e. The van der Waals surface area contributed by atoms with Gasteiger partial charge in [0.15, 0.2) is 6.29 Å². The minimum Gasteiger partial charge on any atom is -0.497 e. The molecule has 1 heterocycles. The van der Waals surface area contributed by atoms with E-state index in [0.29, 0.717) is 6.61 Å². The summed E-state index contributed by atoms with van der Waals surface area (Å²) >= 11 is 0. The predicted octanol–water partition coefficient (Wildman–Crippen LogP) is 4.40. The Hall–Kier alpha value is -3.50. The second kappa shape index (κ2) is 13.2. The Bertz CT molecular complexity index is 1160. The molecule has 6 heteroatoms. The van der Waals surface area contributed by atoms with Gasteiger partial charge in [0.05, 0.1) is 7.11 Å². The summed E-state index contributed by atoms with van der Waals surface area (Å²) in [4.78, 5) is 4.93. The minimum atomic E-state index is -1.38. The summed E-state index contributed by atoms with van der Waals surface area (Å²) in [5.74, 6) is 7.35. The van der Waals surface area contributed by atoms with Gasteiger partial charge in [-0.2, -0.15) is 0 Å². The molecule has 1 atom stereocenters. The molecule has 0 radical (unpaired) electrons. The quantitative estimate of drug-likeness (QED) is 0.318. The zero-order chi connectivity index (χ0) is 26.0. The van der Waals surface area contributed by atoms with Gasteiger partial charge in [0.2, 0.25) is 0 Å². The lowest BCUT2D eigenvalue weighted by Gasteiger charge is -2.36. The first-order chi connectivity index (χ1) is 18.0. The zero-order valence-corrected chi connectivity index (χ0v) is 21.6. The van der Waals surface area contributed by atoms with E-state index >= 15 is 0 Å². The lowest BCUT2D eigenvalue weighted by Crippen LogP contribution is -2.45. The number of piperazine rings is 1. The molecule has 0 bridgehead atoms. The Morgan fingerprint density at radius 1 is 0.811 bits per heavy atom. The Kier molecular flexibility index (Phi) is 9.45. The first kappa shape index (κ1) is 26.6. The van der Waals surface area contributed by atoms with Crippen molar-refractivity contribution in [1.82, 2.24) is 4.90 Å². The molecule has 6 nitrogen and oxygen atoms in total. The minimum absolute atomic E-state index is 0.186. The number of rotatable bonds is 10. The van der Waals surface area contributed by atoms with E-state index in [-0.39, 0.29) is 12.3 Å². The van der Waals surface area contributed by atoms with E-state index < -0.39 is 6.29 Å². The van der Waals surface area contributed by atoms with Gasteiger partial charge in [0.25, 0.3) is 0 Å². The monoisotopic (exact) mass is 500 g/mol. The van der Waals surface area contributed by atoms with E-state index in [1.807, 2.05) is 36.4 Å². The van der Waals surface area contributed by atoms with Crippen LogP contribution in [0.1, 0.15) is 36.0 Å². The number of hydrogen-bond donors (Lipinski definition) is 2. The summed E-state index contributed by atoms with van der Waals surface area (Å²) in [7, 11) is 1.69. The molecule has 4 rings (SSSR count). The number of nitrogens with zero attached hydrogens (tertiary/aromatic N) is 2. The van der Waals surface area contributed by atoms with Crippen molar-refractivity contribution in [1.29, 1.82) is 0 Å². The van der Waals surface area contributed by atoms with Gasteiger partial charge in [-0.25, -0.2) is 0 Å². The number of methoxy groups -OCH3 is 1. The molecule has 3 aromatic rings. The standard InChI is InChI=1S/C31H36N2O4/c1-3-4-27(21-31(34)35)26-9-13-30(14-10-26)37-23-25-7-5-24(6-8-25)22-32-17-19-33(20-18-32)28-11-15-29(36-2)16-12-28/h5-16,27,31,34-35H,17-23H2,1-2H3/t27-/m0/s1. The molecule has 2 N–H and O–H groups in total. The van der Waals surface area contributed by atoms with Gasteiger partial charge < -0.3 is 24.6 Å². The van der Waals surface area contributed by atoms with Crippen LogP contribution >= 0.6 is 0 Å². The van der Waals surface area contributed by atoms with Gasteiger partial charge >= 0.3 is 0 Å². The van der Waals surface area contributed by atoms with Crippen LogP contribution in [0.4, 0.5) is 5.69 Å². The van der Waals surface area contributed by atoms with E-state index in [4.69, 9.17) is 9.47 Å². The van der Waals surface area contributed by atoms with Crippen molar-refractivity contribution in [3.8, 4) is 23.3 Å². The van der Waals surface area contributed by atoms with Crippen LogP contribution < -0.4 is 14.4 Å². The van der Waals surface area contributed by atoms with Crippen LogP contribution in [-0.2, 0) is 13.2 Å². The average molecular weight is 501 g/mol. The fraction of sp³-hybridized carbons (Fsp3) is 0.355. The van der Waals surface area contributed by atoms with Crippen molar-refractivity contribution in [2.24, 2.45) is 0 Å². The van der Waals surface area contributed by atoms with Gasteiger partial charge in [-0.3, -0.25) is 4.90 Å². The maximum atomic E-state index is 9.31. The number of anilines is 1. The Balaban J connectivity index is 1.23. The number of ether oxygens (including phenoxy) is 2. The molecule has 0 amide bonds. The van der Waals surface area contributed by atoms with E-state index in [1.165, 1.54) is 11.3 Å². The smallest absolute Gasteiger partial charge is 0.152 e. The molecule has 0 unspecified atom stereocenters. The molecule has 0 aromatic heterocycles. The lowest BCUT2D eigenvalue weighted by atomic mass is 9.96. The molecule has 0 saturated carbocycles. The Morgan fingerprint density at radius 2 is 1.43 bits per heavy atom. The van der Waals surface area contributed by atoms with Crippen molar-refractivity contribution in [3.63, 3.8) is 0 Å². The first-order valence-electron chi connectivity index (χ1n) is 12.7. The third kappa shape index (κ3) is 7.74. The summed E-state index contributed by atoms with van der Waals surface area (Å²) in [6.07, 6.45) is -1.19. The van der Waals surface area contributed by atoms with Crippen molar-refractivity contribution >= 4 is 5.69 Å². The Morgan fingerprint density at radius 3 is 2.03 bits per heavy atom. The van der Waals surface area contributed by atoms with Crippen molar-refractivity contribution in [2.45, 2.75) is 38.7 Å². The van der Waals surface area contributed by atoms with Crippen LogP contribution in [0.25, 0.3) is 0 Å². The fourth-order valence-electron chi connectivity index (χ4n) is 4.58. The topological polar surface area (TPSA) is 65.4 Å². The highest BCUT2D eigenvalue weighted by Crippen LogP contribution is 2.24. The summed E-state index contributed by atoms with van der Waals surface area (Å²) in [6, 6.07) is 24.6. The molecule has 0 spiro atoms. The molecule has 3 aromatic carbocycles. The Labute approximate surface area is 220 Å². The van der Waals surface area contributed by atoms with Gasteiger partial charge in [-0.05, 0) is 60.0 Å². The summed E-state index contributed by atoms with van der Waals surface area (Å²) in [5, 5.41) is 18.6. The molecule has 194 valence electrons. The number of benzene rings is 3. The number of aliphatic hydroxyl groups excluding tert-OH is 1. The molecule has 1 saturated heterocycles. The molecule has 0 aliphatic carbocycles. The van der Waals surface area contributed by atoms with Crippen LogP contribution in [-0.4, -0.2) is 54.7 Å². The van der Waals surface area contributed by atoms with Crippen molar-refractivity contribution < 1.29 is 19.7 Å². The maximum absolute atomic E-state index is 9.31. The fourth-order valence-corrected chi connectivity index (χ4v) is 4.58. The third-order valence-electron chi connectivity index (χ3n) is 6.69. The van der Waals surface area contributed by atoms with E-state index in [2.05, 4.69) is 58.0 Å². The number of aliphatic hydroxyl groups is 2. The number of hydrogen-bond acceptors (Lipinski definition) is 6. The van der Waals surface area contributed by atoms with Crippen LogP contribution in [0.15, 0.2) is 72.8 Å². The van der Waals surface area contributed by atoms with Crippen molar-refractivity contribution in [2.75, 3.05) is 38.2 Å². The van der Waals surface area contributed by atoms with E-state index in [9.17, 15) is 10.2 Å². The predicted molar refractivity (Wildman–Crippen MR) is 147 cm³/mol. The van der Waals surface area contributed by atoms with Crippen LogP contribution in [0.3, 0.4) is 0 Å². The normalized spacial score (nSPS) is 14.7. The summed E-state index contributed by atoms with van der Waals surface area (Å²) < 4.78 is 11.2. The third-order valence-corrected chi connectivity index (χ3v) is 6.69. The van der Waals surface area contributed by atoms with Gasteiger partial charge in [-0.15, -0.1) is 5.92 Å². The molecular formula is C31H36N2O4. The highest BCUT2D eigenvalue weighted by Gasteiger charge is 2.17. The van der Waals surface area contributed by atoms with E-state index in [1.54, 1.807) is 14.0 Å². The molecule has 1 fully saturated rings. The van der Waals surface area contributed by atoms with Gasteiger partial charge in [0, 0.05) is 50.7 Å². The van der Waals surface area contributed by atoms with Crippen LogP contribution in [0, 0.1) is 11.8 Å². The zero-order valence-electron chi connectivity index (χ0n) is 21.6. The van der Waals surface area contributed by atoms with E-state index in [0.717, 1.165) is 55.3 Å². The highest BCUT2D eigenvalue weighted by atomic mass is 16.5.